The predicted octanol–water partition coefficient (Wildman–Crippen LogP) is 3.38. The van der Waals surface area contributed by atoms with Crippen molar-refractivity contribution < 1.29 is 37.2 Å². The summed E-state index contributed by atoms with van der Waals surface area (Å²) in [5, 5.41) is 3.65. The van der Waals surface area contributed by atoms with Gasteiger partial charge in [0.15, 0.2) is 5.12 Å². The van der Waals surface area contributed by atoms with Crippen molar-refractivity contribution in [1.82, 2.24) is 9.55 Å². The number of hydrogen-bond acceptors (Lipinski definition) is 13. The van der Waals surface area contributed by atoms with Crippen molar-refractivity contribution in [2.24, 2.45) is 16.3 Å². The normalized spacial score (nSPS) is 20.1. The third kappa shape index (κ3) is 10.3. The highest BCUT2D eigenvalue weighted by Crippen LogP contribution is 2.50. The standard InChI is InChI=1S/C27H37N6O10PS/c1-16-14-33(26(37)30-23(16)34)22-13-20(31-32-29)21(42-22)15-41-44(38,40-10-11-45-25(36)27(2,3)4)43-18-8-6-17(7-9-18)12-19(28)24(35)39-5/h6-9,14,19-22H,10-13,15,28H2,1-5H3,(H,30,34,37)/t19-,20-,21+,22+,44?/m0/s1. The Kier molecular flexibility index (Phi) is 12.6. The number of benzene rings is 1. The average Bonchev–Trinajstić information content (AvgIpc) is 3.38. The first-order chi connectivity index (χ1) is 21.2. The fourth-order valence-corrected chi connectivity index (χ4v) is 6.20. The van der Waals surface area contributed by atoms with Gasteiger partial charge in [-0.3, -0.25) is 33.0 Å². The second-order valence-electron chi connectivity index (χ2n) is 11.1. The molecule has 0 amide bonds. The molecule has 0 aliphatic carbocycles. The number of azide groups is 1. The number of phosphoric ester groups is 1. The maximum absolute atomic E-state index is 13.8. The Bertz CT molecular complexity index is 1570. The van der Waals surface area contributed by atoms with Gasteiger partial charge in [0.2, 0.25) is 0 Å². The van der Waals surface area contributed by atoms with E-state index in [9.17, 15) is 23.7 Å². The molecule has 2 aromatic rings. The summed E-state index contributed by atoms with van der Waals surface area (Å²) in [6.07, 6.45) is -0.296. The van der Waals surface area contributed by atoms with Crippen LogP contribution in [0.2, 0.25) is 0 Å². The van der Waals surface area contributed by atoms with Crippen LogP contribution in [-0.2, 0) is 39.1 Å². The van der Waals surface area contributed by atoms with Crippen LogP contribution < -0.4 is 21.5 Å². The topological polar surface area (TPSA) is 227 Å². The fourth-order valence-electron chi connectivity index (χ4n) is 4.08. The van der Waals surface area contributed by atoms with Gasteiger partial charge in [-0.25, -0.2) is 9.36 Å². The lowest BCUT2D eigenvalue weighted by atomic mass is 10.00. The van der Waals surface area contributed by atoms with Gasteiger partial charge < -0.3 is 19.7 Å². The summed E-state index contributed by atoms with van der Waals surface area (Å²) in [5.74, 6) is -0.297. The van der Waals surface area contributed by atoms with E-state index in [-0.39, 0.29) is 41.6 Å². The summed E-state index contributed by atoms with van der Waals surface area (Å²) in [4.78, 5) is 53.2. The number of nitrogens with zero attached hydrogens (tertiary/aromatic N) is 4. The minimum Gasteiger partial charge on any atom is -0.468 e. The van der Waals surface area contributed by atoms with E-state index >= 15 is 0 Å². The van der Waals surface area contributed by atoms with Gasteiger partial charge in [-0.05, 0) is 36.6 Å². The van der Waals surface area contributed by atoms with Crippen molar-refractivity contribution in [2.75, 3.05) is 26.1 Å². The zero-order valence-corrected chi connectivity index (χ0v) is 27.2. The van der Waals surface area contributed by atoms with Gasteiger partial charge in [0, 0.05) is 34.3 Å². The molecule has 0 spiro atoms. The van der Waals surface area contributed by atoms with Crippen molar-refractivity contribution in [3.63, 3.8) is 0 Å². The van der Waals surface area contributed by atoms with Crippen LogP contribution in [0.5, 0.6) is 5.75 Å². The van der Waals surface area contributed by atoms with Gasteiger partial charge >= 0.3 is 19.5 Å². The molecule has 246 valence electrons. The molecule has 1 unspecified atom stereocenters. The summed E-state index contributed by atoms with van der Waals surface area (Å²) < 4.78 is 42.4. The van der Waals surface area contributed by atoms with Crippen LogP contribution in [0.1, 0.15) is 44.5 Å². The Hall–Kier alpha value is -3.43. The van der Waals surface area contributed by atoms with Crippen molar-refractivity contribution in [1.29, 1.82) is 0 Å². The van der Waals surface area contributed by atoms with Crippen LogP contribution in [0.3, 0.4) is 0 Å². The first-order valence-electron chi connectivity index (χ1n) is 13.9. The predicted molar refractivity (Wildman–Crippen MR) is 165 cm³/mol. The highest BCUT2D eigenvalue weighted by Gasteiger charge is 2.39. The molecule has 0 saturated carbocycles. The highest BCUT2D eigenvalue weighted by atomic mass is 32.2. The Morgan fingerprint density at radius 1 is 1.27 bits per heavy atom. The van der Waals surface area contributed by atoms with Crippen LogP contribution in [0, 0.1) is 12.3 Å². The number of H-pyrrole nitrogens is 1. The Labute approximate surface area is 263 Å². The van der Waals surface area contributed by atoms with E-state index in [4.69, 9.17) is 29.6 Å². The second-order valence-corrected chi connectivity index (χ2v) is 13.8. The van der Waals surface area contributed by atoms with E-state index in [2.05, 4.69) is 19.7 Å². The Morgan fingerprint density at radius 2 is 1.96 bits per heavy atom. The minimum absolute atomic E-state index is 0.0657. The summed E-state index contributed by atoms with van der Waals surface area (Å²) >= 11 is 1.01. The first-order valence-corrected chi connectivity index (χ1v) is 16.3. The lowest BCUT2D eigenvalue weighted by Gasteiger charge is -2.22. The number of rotatable bonds is 14. The van der Waals surface area contributed by atoms with Crippen molar-refractivity contribution in [3.8, 4) is 5.75 Å². The number of phosphoric acid groups is 1. The van der Waals surface area contributed by atoms with Gasteiger partial charge in [-0.1, -0.05) is 49.8 Å². The molecule has 16 nitrogen and oxygen atoms in total. The molecule has 0 bridgehead atoms. The van der Waals surface area contributed by atoms with Crippen LogP contribution in [0.15, 0.2) is 45.2 Å². The van der Waals surface area contributed by atoms with Gasteiger partial charge in [0.05, 0.1) is 32.5 Å². The highest BCUT2D eigenvalue weighted by molar-refractivity contribution is 8.13. The number of hydrogen-bond donors (Lipinski definition) is 2. The Balaban J connectivity index is 1.76. The number of carbonyl (C=O) groups is 2. The lowest BCUT2D eigenvalue weighted by Crippen LogP contribution is -2.33. The zero-order chi connectivity index (χ0) is 33.4. The summed E-state index contributed by atoms with van der Waals surface area (Å²) in [5.41, 5.74) is 14.0. The number of nitrogens with one attached hydrogen (secondary N) is 1. The molecule has 2 heterocycles. The molecule has 1 aliphatic heterocycles. The van der Waals surface area contributed by atoms with Crippen LogP contribution >= 0.6 is 19.6 Å². The summed E-state index contributed by atoms with van der Waals surface area (Å²) in [6, 6.07) is 4.52. The van der Waals surface area contributed by atoms with E-state index in [0.29, 0.717) is 5.56 Å². The largest absolute Gasteiger partial charge is 0.530 e. The average molecular weight is 669 g/mol. The van der Waals surface area contributed by atoms with E-state index in [1.165, 1.54) is 36.9 Å². The molecule has 3 N–H and O–H groups in total. The first kappa shape index (κ1) is 36.0. The minimum atomic E-state index is -4.37. The van der Waals surface area contributed by atoms with E-state index in [1.807, 2.05) is 0 Å². The number of carbonyl (C=O) groups excluding carboxylic acids is 2. The molecule has 1 aliphatic rings. The maximum atomic E-state index is 13.8. The van der Waals surface area contributed by atoms with E-state index < -0.39 is 61.5 Å². The lowest BCUT2D eigenvalue weighted by molar-refractivity contribution is -0.142. The number of esters is 1. The number of aromatic amines is 1. The fraction of sp³-hybridized carbons (Fsp3) is 0.556. The maximum Gasteiger partial charge on any atom is 0.530 e. The van der Waals surface area contributed by atoms with E-state index in [0.717, 1.165) is 11.8 Å². The molecule has 5 atom stereocenters. The van der Waals surface area contributed by atoms with Gasteiger partial charge in [0.1, 0.15) is 18.0 Å². The van der Waals surface area contributed by atoms with Crippen LogP contribution in [-0.4, -0.2) is 64.9 Å². The molecular formula is C27H37N6O10PS. The summed E-state index contributed by atoms with van der Waals surface area (Å²) in [6.45, 7) is 6.26. The van der Waals surface area contributed by atoms with Gasteiger partial charge in [-0.15, -0.1) is 0 Å². The quantitative estimate of drug-likeness (QED) is 0.0737. The SMILES string of the molecule is COC(=O)[C@@H](N)Cc1ccc(OP(=O)(OCCSC(=O)C(C)(C)C)OC[C@H]2O[C@@H](n3cc(C)c(=O)[nH]c3=O)C[C@@H]2N=[N+]=[N-])cc1. The molecule has 3 rings (SSSR count). The zero-order valence-electron chi connectivity index (χ0n) is 25.5. The number of aromatic nitrogens is 2. The Morgan fingerprint density at radius 3 is 2.58 bits per heavy atom. The van der Waals surface area contributed by atoms with Crippen molar-refractivity contribution in [3.05, 3.63) is 72.9 Å². The number of ether oxygens (including phenoxy) is 2. The molecule has 0 radical (unpaired) electrons. The number of aryl methyl sites for hydroxylation is 1. The molecule has 1 aromatic carbocycles. The molecular weight excluding hydrogens is 631 g/mol. The molecule has 18 heteroatoms. The monoisotopic (exact) mass is 668 g/mol. The molecule has 1 fully saturated rings. The third-order valence-corrected chi connectivity index (χ3v) is 9.18. The molecule has 1 aromatic heterocycles. The summed E-state index contributed by atoms with van der Waals surface area (Å²) in [7, 11) is -3.13. The van der Waals surface area contributed by atoms with Crippen molar-refractivity contribution >= 4 is 30.7 Å². The smallest absolute Gasteiger partial charge is 0.468 e. The second kappa shape index (κ2) is 15.7. The van der Waals surface area contributed by atoms with Gasteiger partial charge in [0.25, 0.3) is 5.56 Å². The number of methoxy groups -OCH3 is 1. The third-order valence-electron chi connectivity index (χ3n) is 6.54. The van der Waals surface area contributed by atoms with Crippen molar-refractivity contribution in [2.45, 2.75) is 65.0 Å². The van der Waals surface area contributed by atoms with Crippen LogP contribution in [0.4, 0.5) is 0 Å². The van der Waals surface area contributed by atoms with E-state index in [1.54, 1.807) is 32.9 Å². The van der Waals surface area contributed by atoms with Crippen LogP contribution in [0.25, 0.3) is 10.4 Å². The molecule has 45 heavy (non-hydrogen) atoms. The number of nitrogens with two attached hydrogens (primary N) is 1. The van der Waals surface area contributed by atoms with Gasteiger partial charge in [-0.2, -0.15) is 0 Å². The molecule has 1 saturated heterocycles. The number of thioether (sulfide) groups is 1.